The van der Waals surface area contributed by atoms with Crippen LogP contribution in [0.2, 0.25) is 5.02 Å². The van der Waals surface area contributed by atoms with Crippen LogP contribution < -0.4 is 9.47 Å². The van der Waals surface area contributed by atoms with Gasteiger partial charge in [0.25, 0.3) is 0 Å². The molecule has 7 heteroatoms. The highest BCUT2D eigenvalue weighted by Crippen LogP contribution is 2.36. The van der Waals surface area contributed by atoms with Crippen molar-refractivity contribution in [1.82, 2.24) is 5.16 Å². The average molecular weight is 384 g/mol. The fourth-order valence-corrected chi connectivity index (χ4v) is 2.73. The van der Waals surface area contributed by atoms with E-state index in [2.05, 4.69) is 5.16 Å². The van der Waals surface area contributed by atoms with Crippen LogP contribution in [0.3, 0.4) is 0 Å². The summed E-state index contributed by atoms with van der Waals surface area (Å²) in [6.45, 7) is 0.206. The van der Waals surface area contributed by atoms with Crippen molar-refractivity contribution in [1.29, 1.82) is 0 Å². The van der Waals surface area contributed by atoms with Crippen LogP contribution in [0.1, 0.15) is 11.3 Å². The largest absolute Gasteiger partial charge is 0.456 e. The summed E-state index contributed by atoms with van der Waals surface area (Å²) in [5, 5.41) is 4.48. The lowest BCUT2D eigenvalue weighted by Gasteiger charge is -1.99. The van der Waals surface area contributed by atoms with Gasteiger partial charge < -0.3 is 18.7 Å². The van der Waals surface area contributed by atoms with Crippen LogP contribution in [-0.4, -0.2) is 17.9 Å². The predicted molar refractivity (Wildman–Crippen MR) is 98.3 cm³/mol. The molecule has 0 saturated heterocycles. The predicted octanol–water partition coefficient (Wildman–Crippen LogP) is 4.48. The molecule has 0 N–H and O–H groups in total. The molecule has 0 spiro atoms. The Morgan fingerprint density at radius 1 is 1.15 bits per heavy atom. The molecule has 0 aliphatic carbocycles. The summed E-state index contributed by atoms with van der Waals surface area (Å²) in [5.74, 6) is 1.40. The number of benzene rings is 2. The van der Waals surface area contributed by atoms with E-state index in [0.29, 0.717) is 28.0 Å². The molecule has 0 saturated carbocycles. The Labute approximate surface area is 159 Å². The fourth-order valence-electron chi connectivity index (χ4n) is 2.53. The number of halogens is 1. The second-order valence-electron chi connectivity index (χ2n) is 5.71. The molecule has 1 aliphatic heterocycles. The highest BCUT2D eigenvalue weighted by Gasteiger charge is 2.16. The van der Waals surface area contributed by atoms with Crippen molar-refractivity contribution < 1.29 is 23.5 Å². The van der Waals surface area contributed by atoms with Crippen molar-refractivity contribution in [2.24, 2.45) is 0 Å². The summed E-state index contributed by atoms with van der Waals surface area (Å²) in [7, 11) is 0. The minimum Gasteiger partial charge on any atom is -0.456 e. The van der Waals surface area contributed by atoms with Gasteiger partial charge in [-0.2, -0.15) is 0 Å². The highest BCUT2D eigenvalue weighted by molar-refractivity contribution is 6.32. The van der Waals surface area contributed by atoms with Crippen LogP contribution in [0, 0.1) is 0 Å². The van der Waals surface area contributed by atoms with Gasteiger partial charge in [0.05, 0.1) is 0 Å². The summed E-state index contributed by atoms with van der Waals surface area (Å²) in [4.78, 5) is 11.9. The first-order chi connectivity index (χ1) is 13.2. The van der Waals surface area contributed by atoms with E-state index in [1.165, 1.54) is 6.08 Å². The van der Waals surface area contributed by atoms with Crippen molar-refractivity contribution in [3.8, 4) is 22.8 Å². The molecule has 27 heavy (non-hydrogen) atoms. The maximum absolute atomic E-state index is 11.9. The van der Waals surface area contributed by atoms with Crippen LogP contribution >= 0.6 is 11.6 Å². The molecule has 2 aromatic carbocycles. The Bertz CT molecular complexity index is 1010. The van der Waals surface area contributed by atoms with Gasteiger partial charge in [-0.05, 0) is 35.9 Å². The Morgan fingerprint density at radius 2 is 2.00 bits per heavy atom. The minimum atomic E-state index is -0.498. The van der Waals surface area contributed by atoms with E-state index in [1.807, 2.05) is 24.3 Å². The number of aromatic nitrogens is 1. The molecular formula is C20H14ClNO5. The zero-order chi connectivity index (χ0) is 18.6. The van der Waals surface area contributed by atoms with Crippen LogP contribution in [0.15, 0.2) is 59.1 Å². The van der Waals surface area contributed by atoms with Gasteiger partial charge in [-0.1, -0.05) is 35.0 Å². The quantitative estimate of drug-likeness (QED) is 0.478. The molecule has 0 unspecified atom stereocenters. The van der Waals surface area contributed by atoms with E-state index in [-0.39, 0.29) is 13.4 Å². The van der Waals surface area contributed by atoms with E-state index in [1.54, 1.807) is 30.3 Å². The summed E-state index contributed by atoms with van der Waals surface area (Å²) < 4.78 is 21.1. The smallest absolute Gasteiger partial charge is 0.331 e. The average Bonchev–Trinajstić information content (AvgIpc) is 3.34. The van der Waals surface area contributed by atoms with Crippen LogP contribution in [-0.2, 0) is 16.1 Å². The van der Waals surface area contributed by atoms with Crippen molar-refractivity contribution in [2.45, 2.75) is 6.61 Å². The summed E-state index contributed by atoms with van der Waals surface area (Å²) in [6.07, 6.45) is 2.92. The SMILES string of the molecule is O=C(/C=C/c1ccccc1Cl)OCc1cc(-c2ccc3c(c2)OCO3)on1. The molecule has 1 aromatic heterocycles. The Balaban J connectivity index is 1.37. The van der Waals surface area contributed by atoms with Gasteiger partial charge in [0.15, 0.2) is 17.3 Å². The van der Waals surface area contributed by atoms with Gasteiger partial charge in [0.1, 0.15) is 12.3 Å². The molecule has 1 aliphatic rings. The third-order valence-electron chi connectivity index (χ3n) is 3.88. The van der Waals surface area contributed by atoms with Crippen LogP contribution in [0.4, 0.5) is 0 Å². The number of fused-ring (bicyclic) bond motifs is 1. The van der Waals surface area contributed by atoms with Gasteiger partial charge >= 0.3 is 5.97 Å². The second-order valence-corrected chi connectivity index (χ2v) is 6.12. The number of carbonyl (C=O) groups excluding carboxylic acids is 1. The van der Waals surface area contributed by atoms with Gasteiger partial charge in [0.2, 0.25) is 6.79 Å². The van der Waals surface area contributed by atoms with Crippen molar-refractivity contribution in [2.75, 3.05) is 6.79 Å². The van der Waals surface area contributed by atoms with Crippen LogP contribution in [0.5, 0.6) is 11.5 Å². The topological polar surface area (TPSA) is 70.8 Å². The fraction of sp³-hybridized carbons (Fsp3) is 0.100. The maximum atomic E-state index is 11.9. The van der Waals surface area contributed by atoms with Crippen molar-refractivity contribution in [3.05, 3.63) is 70.9 Å². The van der Waals surface area contributed by atoms with Gasteiger partial charge in [-0.25, -0.2) is 4.79 Å². The van der Waals surface area contributed by atoms with E-state index >= 15 is 0 Å². The lowest BCUT2D eigenvalue weighted by atomic mass is 10.1. The molecule has 0 radical (unpaired) electrons. The number of hydrogen-bond acceptors (Lipinski definition) is 6. The third kappa shape index (κ3) is 3.96. The third-order valence-corrected chi connectivity index (χ3v) is 4.23. The highest BCUT2D eigenvalue weighted by atomic mass is 35.5. The summed E-state index contributed by atoms with van der Waals surface area (Å²) in [6, 6.07) is 14.4. The maximum Gasteiger partial charge on any atom is 0.331 e. The Morgan fingerprint density at radius 3 is 2.89 bits per heavy atom. The monoisotopic (exact) mass is 383 g/mol. The van der Waals surface area contributed by atoms with Gasteiger partial charge in [-0.15, -0.1) is 0 Å². The number of esters is 1. The van der Waals surface area contributed by atoms with Gasteiger partial charge in [-0.3, -0.25) is 0 Å². The van der Waals surface area contributed by atoms with E-state index < -0.39 is 5.97 Å². The number of hydrogen-bond donors (Lipinski definition) is 0. The second kappa shape index (κ2) is 7.55. The molecular weight excluding hydrogens is 370 g/mol. The summed E-state index contributed by atoms with van der Waals surface area (Å²) in [5.41, 5.74) is 2.03. The first-order valence-corrected chi connectivity index (χ1v) is 8.52. The standard InChI is InChI=1S/C20H14ClNO5/c21-16-4-2-1-3-13(16)6-8-20(23)24-11-15-10-18(27-22-15)14-5-7-17-19(9-14)26-12-25-17/h1-10H,11-12H2/b8-6+. The van der Waals surface area contributed by atoms with E-state index in [0.717, 1.165) is 11.1 Å². The molecule has 2 heterocycles. The number of rotatable bonds is 5. The van der Waals surface area contributed by atoms with Crippen molar-refractivity contribution >= 4 is 23.6 Å². The normalized spacial score (nSPS) is 12.5. The summed E-state index contributed by atoms with van der Waals surface area (Å²) >= 11 is 6.03. The number of nitrogens with zero attached hydrogens (tertiary/aromatic N) is 1. The lowest BCUT2D eigenvalue weighted by Crippen LogP contribution is -2.00. The molecule has 0 fully saturated rings. The molecule has 3 aromatic rings. The number of carbonyl (C=O) groups is 1. The Hall–Kier alpha value is -3.25. The minimum absolute atomic E-state index is 0.000251. The van der Waals surface area contributed by atoms with Crippen LogP contribution in [0.25, 0.3) is 17.4 Å². The molecule has 4 rings (SSSR count). The lowest BCUT2D eigenvalue weighted by molar-refractivity contribution is -0.139. The first kappa shape index (κ1) is 17.2. The van der Waals surface area contributed by atoms with Gasteiger partial charge in [0, 0.05) is 22.7 Å². The van der Waals surface area contributed by atoms with E-state index in [4.69, 9.17) is 30.3 Å². The molecule has 0 atom stereocenters. The molecule has 136 valence electrons. The molecule has 0 bridgehead atoms. The zero-order valence-corrected chi connectivity index (χ0v) is 14.8. The molecule has 0 amide bonds. The number of ether oxygens (including phenoxy) is 3. The Kier molecular flexibility index (Phi) is 4.80. The van der Waals surface area contributed by atoms with E-state index in [9.17, 15) is 4.79 Å². The zero-order valence-electron chi connectivity index (χ0n) is 14.1. The van der Waals surface area contributed by atoms with Crippen molar-refractivity contribution in [3.63, 3.8) is 0 Å². The first-order valence-electron chi connectivity index (χ1n) is 8.14. The molecule has 6 nitrogen and oxygen atoms in total.